The van der Waals surface area contributed by atoms with Gasteiger partial charge in [-0.3, -0.25) is 9.56 Å². The molecule has 1 aromatic carbocycles. The van der Waals surface area contributed by atoms with Crippen LogP contribution in [0.5, 0.6) is 11.5 Å². The Morgan fingerprint density at radius 3 is 2.77 bits per heavy atom. The summed E-state index contributed by atoms with van der Waals surface area (Å²) in [5.74, 6) is 3.22. The van der Waals surface area contributed by atoms with Crippen LogP contribution in [0.4, 0.5) is 0 Å². The van der Waals surface area contributed by atoms with E-state index in [2.05, 4.69) is 20.3 Å². The van der Waals surface area contributed by atoms with Crippen molar-refractivity contribution < 1.29 is 9.47 Å². The van der Waals surface area contributed by atoms with Gasteiger partial charge < -0.3 is 19.7 Å². The van der Waals surface area contributed by atoms with E-state index in [1.165, 1.54) is 5.56 Å². The number of hydrogen-bond acceptors (Lipinski definition) is 5. The van der Waals surface area contributed by atoms with Gasteiger partial charge in [-0.1, -0.05) is 6.07 Å². The second-order valence-electron chi connectivity index (χ2n) is 7.72. The van der Waals surface area contributed by atoms with Crippen molar-refractivity contribution in [3.63, 3.8) is 0 Å². The van der Waals surface area contributed by atoms with E-state index in [-0.39, 0.29) is 5.69 Å². The number of likely N-dealkylation sites (N-methyl/N-ethyl adjacent to an activating group) is 1. The minimum atomic E-state index is 0.0196. The van der Waals surface area contributed by atoms with Gasteiger partial charge in [0.1, 0.15) is 5.82 Å². The fourth-order valence-corrected chi connectivity index (χ4v) is 3.85. The Hall–Kier alpha value is -2.97. The van der Waals surface area contributed by atoms with Gasteiger partial charge in [-0.2, -0.15) is 5.10 Å². The Morgan fingerprint density at radius 1 is 1.26 bits per heavy atom. The van der Waals surface area contributed by atoms with Crippen molar-refractivity contribution in [1.29, 1.82) is 0 Å². The molecule has 1 aromatic heterocycles. The third-order valence-corrected chi connectivity index (χ3v) is 5.62. The average molecular weight is 431 g/mol. The molecule has 0 spiro atoms. The Labute approximate surface area is 183 Å². The molecule has 1 aliphatic rings. The van der Waals surface area contributed by atoms with Crippen LogP contribution in [0.15, 0.2) is 28.0 Å². The number of benzene rings is 1. The SMILES string of the molecule is CN=C(NCCCn1nc2n(c1=O)CCCC2)N(C)CCc1ccc(OC)c(OC)c1. The summed E-state index contributed by atoms with van der Waals surface area (Å²) in [6.45, 7) is 2.94. The number of fused-ring (bicyclic) bond motifs is 1. The molecule has 1 N–H and O–H groups in total. The van der Waals surface area contributed by atoms with Crippen molar-refractivity contribution in [3.8, 4) is 11.5 Å². The fourth-order valence-electron chi connectivity index (χ4n) is 3.85. The molecule has 1 aliphatic heterocycles. The highest BCUT2D eigenvalue weighted by Crippen LogP contribution is 2.27. The van der Waals surface area contributed by atoms with Gasteiger partial charge >= 0.3 is 5.69 Å². The van der Waals surface area contributed by atoms with E-state index < -0.39 is 0 Å². The zero-order valence-corrected chi connectivity index (χ0v) is 19.1. The number of rotatable bonds is 9. The first-order valence-corrected chi connectivity index (χ1v) is 10.9. The first-order valence-electron chi connectivity index (χ1n) is 10.9. The molecule has 2 aromatic rings. The van der Waals surface area contributed by atoms with Crippen molar-refractivity contribution in [2.75, 3.05) is 41.4 Å². The number of nitrogens with zero attached hydrogens (tertiary/aromatic N) is 5. The first kappa shape index (κ1) is 22.7. The standard InChI is InChI=1S/C22H34N6O3/c1-23-21(26(2)15-11-17-9-10-18(30-3)19(16-17)31-4)24-12-7-14-28-22(29)27-13-6-5-8-20(27)25-28/h9-10,16H,5-8,11-15H2,1-4H3,(H,23,24). The minimum Gasteiger partial charge on any atom is -0.493 e. The maximum atomic E-state index is 12.4. The number of guanidine groups is 1. The summed E-state index contributed by atoms with van der Waals surface area (Å²) < 4.78 is 14.1. The monoisotopic (exact) mass is 430 g/mol. The Morgan fingerprint density at radius 2 is 2.06 bits per heavy atom. The summed E-state index contributed by atoms with van der Waals surface area (Å²) in [6.07, 6.45) is 4.74. The van der Waals surface area contributed by atoms with Crippen LogP contribution in [0.1, 0.15) is 30.7 Å². The highest BCUT2D eigenvalue weighted by atomic mass is 16.5. The molecule has 3 rings (SSSR count). The largest absolute Gasteiger partial charge is 0.493 e. The van der Waals surface area contributed by atoms with E-state index in [4.69, 9.17) is 9.47 Å². The maximum absolute atomic E-state index is 12.4. The smallest absolute Gasteiger partial charge is 0.345 e. The molecule has 9 nitrogen and oxygen atoms in total. The molecule has 170 valence electrons. The Kier molecular flexibility index (Phi) is 7.97. The third kappa shape index (κ3) is 5.59. The lowest BCUT2D eigenvalue weighted by Crippen LogP contribution is -2.40. The van der Waals surface area contributed by atoms with Crippen LogP contribution in [0, 0.1) is 0 Å². The molecule has 2 heterocycles. The third-order valence-electron chi connectivity index (χ3n) is 5.62. The number of nitrogens with one attached hydrogen (secondary N) is 1. The van der Waals surface area contributed by atoms with Crippen LogP contribution >= 0.6 is 0 Å². The van der Waals surface area contributed by atoms with Crippen LogP contribution < -0.4 is 20.5 Å². The lowest BCUT2D eigenvalue weighted by atomic mass is 10.1. The van der Waals surface area contributed by atoms with Crippen molar-refractivity contribution in [3.05, 3.63) is 40.1 Å². The molecule has 0 saturated carbocycles. The van der Waals surface area contributed by atoms with Crippen molar-refractivity contribution in [2.45, 2.75) is 45.2 Å². The molecule has 0 radical (unpaired) electrons. The quantitative estimate of drug-likeness (QED) is 0.369. The first-order chi connectivity index (χ1) is 15.1. The van der Waals surface area contributed by atoms with E-state index in [0.717, 1.165) is 75.0 Å². The topological polar surface area (TPSA) is 85.9 Å². The summed E-state index contributed by atoms with van der Waals surface area (Å²) in [5.41, 5.74) is 1.19. The number of hydrogen-bond donors (Lipinski definition) is 1. The molecular weight excluding hydrogens is 396 g/mol. The summed E-state index contributed by atoms with van der Waals surface area (Å²) in [4.78, 5) is 18.9. The van der Waals surface area contributed by atoms with E-state index >= 15 is 0 Å². The van der Waals surface area contributed by atoms with E-state index in [0.29, 0.717) is 6.54 Å². The number of ether oxygens (including phenoxy) is 2. The highest BCUT2D eigenvalue weighted by Gasteiger charge is 2.16. The second-order valence-corrected chi connectivity index (χ2v) is 7.72. The molecule has 0 bridgehead atoms. The molecule has 0 unspecified atom stereocenters. The predicted molar refractivity (Wildman–Crippen MR) is 121 cm³/mol. The van der Waals surface area contributed by atoms with Crippen LogP contribution in [-0.2, 0) is 25.9 Å². The zero-order chi connectivity index (χ0) is 22.2. The Balaban J connectivity index is 1.45. The number of aromatic nitrogens is 3. The summed E-state index contributed by atoms with van der Waals surface area (Å²) in [6, 6.07) is 5.98. The van der Waals surface area contributed by atoms with E-state index in [1.807, 2.05) is 29.8 Å². The number of aliphatic imine (C=N–C) groups is 1. The molecule has 0 saturated heterocycles. The van der Waals surface area contributed by atoms with Gasteiger partial charge in [-0.05, 0) is 43.4 Å². The van der Waals surface area contributed by atoms with Gasteiger partial charge in [0, 0.05) is 46.7 Å². The summed E-state index contributed by atoms with van der Waals surface area (Å²) in [7, 11) is 7.08. The van der Waals surface area contributed by atoms with Gasteiger partial charge in [-0.15, -0.1) is 0 Å². The number of aryl methyl sites for hydroxylation is 2. The highest BCUT2D eigenvalue weighted by molar-refractivity contribution is 5.79. The van der Waals surface area contributed by atoms with Gasteiger partial charge in [0.15, 0.2) is 17.5 Å². The molecule has 0 aliphatic carbocycles. The van der Waals surface area contributed by atoms with Gasteiger partial charge in [-0.25, -0.2) is 9.48 Å². The minimum absolute atomic E-state index is 0.0196. The molecule has 31 heavy (non-hydrogen) atoms. The second kappa shape index (κ2) is 10.9. The molecule has 0 amide bonds. The van der Waals surface area contributed by atoms with Crippen molar-refractivity contribution in [1.82, 2.24) is 24.6 Å². The van der Waals surface area contributed by atoms with Gasteiger partial charge in [0.2, 0.25) is 0 Å². The van der Waals surface area contributed by atoms with E-state index in [1.54, 1.807) is 25.9 Å². The van der Waals surface area contributed by atoms with Crippen LogP contribution in [0.3, 0.4) is 0 Å². The molecule has 0 fully saturated rings. The van der Waals surface area contributed by atoms with Gasteiger partial charge in [0.05, 0.1) is 14.2 Å². The van der Waals surface area contributed by atoms with Crippen LogP contribution in [0.2, 0.25) is 0 Å². The van der Waals surface area contributed by atoms with Crippen molar-refractivity contribution >= 4 is 5.96 Å². The lowest BCUT2D eigenvalue weighted by Gasteiger charge is -2.22. The molecular formula is C22H34N6O3. The average Bonchev–Trinajstić information content (AvgIpc) is 3.12. The zero-order valence-electron chi connectivity index (χ0n) is 19.1. The van der Waals surface area contributed by atoms with Gasteiger partial charge in [0.25, 0.3) is 0 Å². The van der Waals surface area contributed by atoms with E-state index in [9.17, 15) is 4.79 Å². The fraction of sp³-hybridized carbons (Fsp3) is 0.591. The normalized spacial score (nSPS) is 13.6. The predicted octanol–water partition coefficient (Wildman–Crippen LogP) is 1.54. The Bertz CT molecular complexity index is 949. The lowest BCUT2D eigenvalue weighted by molar-refractivity contribution is 0.354. The van der Waals surface area contributed by atoms with Crippen molar-refractivity contribution in [2.24, 2.45) is 4.99 Å². The number of methoxy groups -OCH3 is 2. The van der Waals surface area contributed by atoms with Crippen LogP contribution in [-0.4, -0.2) is 66.6 Å². The molecule has 9 heteroatoms. The van der Waals surface area contributed by atoms with Crippen LogP contribution in [0.25, 0.3) is 0 Å². The summed E-state index contributed by atoms with van der Waals surface area (Å²) >= 11 is 0. The molecule has 0 atom stereocenters. The summed E-state index contributed by atoms with van der Waals surface area (Å²) in [5, 5.41) is 7.87. The maximum Gasteiger partial charge on any atom is 0.345 e.